The molecule has 0 aromatic rings. The fourth-order valence-electron chi connectivity index (χ4n) is 3.52. The van der Waals surface area contributed by atoms with Gasteiger partial charge in [0.05, 0.1) is 0 Å². The molecule has 0 radical (unpaired) electrons. The maximum Gasteiger partial charge on any atom is 0.0110 e. The molecule has 2 fully saturated rings. The van der Waals surface area contributed by atoms with E-state index in [0.29, 0.717) is 0 Å². The van der Waals surface area contributed by atoms with Crippen molar-refractivity contribution in [2.45, 2.75) is 63.5 Å². The molecule has 0 spiro atoms. The average Bonchev–Trinajstić information content (AvgIpc) is 2.84. The van der Waals surface area contributed by atoms with Gasteiger partial charge in [0.2, 0.25) is 0 Å². The lowest BCUT2D eigenvalue weighted by Gasteiger charge is -2.33. The second kappa shape index (κ2) is 7.34. The van der Waals surface area contributed by atoms with Crippen molar-refractivity contribution in [2.75, 3.05) is 19.6 Å². The van der Waals surface area contributed by atoms with Crippen molar-refractivity contribution < 1.29 is 0 Å². The lowest BCUT2D eigenvalue weighted by molar-refractivity contribution is 0.257. The number of unbranched alkanes of at least 4 members (excludes halogenated alkanes) is 1. The number of rotatable bonds is 6. The van der Waals surface area contributed by atoms with Gasteiger partial charge in [-0.05, 0) is 64.1 Å². The SMILES string of the molecule is NCCCCNC1CCCC1C1CCCCN1. The van der Waals surface area contributed by atoms with Crippen LogP contribution in [-0.4, -0.2) is 31.7 Å². The molecule has 3 atom stereocenters. The fraction of sp³-hybridized carbons (Fsp3) is 1.00. The van der Waals surface area contributed by atoms with Crippen LogP contribution >= 0.6 is 0 Å². The monoisotopic (exact) mass is 239 g/mol. The summed E-state index contributed by atoms with van der Waals surface area (Å²) in [7, 11) is 0. The van der Waals surface area contributed by atoms with Gasteiger partial charge in [-0.3, -0.25) is 0 Å². The van der Waals surface area contributed by atoms with Crippen molar-refractivity contribution in [3.63, 3.8) is 0 Å². The van der Waals surface area contributed by atoms with Gasteiger partial charge in [0.15, 0.2) is 0 Å². The van der Waals surface area contributed by atoms with E-state index < -0.39 is 0 Å². The van der Waals surface area contributed by atoms with Gasteiger partial charge in [0, 0.05) is 12.1 Å². The van der Waals surface area contributed by atoms with Gasteiger partial charge in [0.25, 0.3) is 0 Å². The third-order valence-corrected chi connectivity index (χ3v) is 4.47. The Morgan fingerprint density at radius 1 is 1.06 bits per heavy atom. The van der Waals surface area contributed by atoms with Gasteiger partial charge >= 0.3 is 0 Å². The van der Waals surface area contributed by atoms with Crippen LogP contribution in [0.15, 0.2) is 0 Å². The highest BCUT2D eigenvalue weighted by Gasteiger charge is 2.33. The Kier molecular flexibility index (Phi) is 5.75. The summed E-state index contributed by atoms with van der Waals surface area (Å²) >= 11 is 0. The first-order valence-electron chi connectivity index (χ1n) is 7.58. The number of piperidine rings is 1. The van der Waals surface area contributed by atoms with Crippen LogP contribution in [-0.2, 0) is 0 Å². The maximum absolute atomic E-state index is 5.53. The summed E-state index contributed by atoms with van der Waals surface area (Å²) in [6, 6.07) is 1.56. The van der Waals surface area contributed by atoms with Crippen LogP contribution in [0.5, 0.6) is 0 Å². The minimum Gasteiger partial charge on any atom is -0.330 e. The molecule has 1 aliphatic carbocycles. The quantitative estimate of drug-likeness (QED) is 0.617. The molecule has 3 heteroatoms. The maximum atomic E-state index is 5.53. The highest BCUT2D eigenvalue weighted by molar-refractivity contribution is 4.92. The Morgan fingerprint density at radius 3 is 2.76 bits per heavy atom. The minimum absolute atomic E-state index is 0.767. The van der Waals surface area contributed by atoms with Gasteiger partial charge in [-0.1, -0.05) is 12.8 Å². The molecule has 0 bridgehead atoms. The molecule has 3 unspecified atom stereocenters. The summed E-state index contributed by atoms with van der Waals surface area (Å²) in [5, 5.41) is 7.50. The van der Waals surface area contributed by atoms with E-state index >= 15 is 0 Å². The molecule has 100 valence electrons. The highest BCUT2D eigenvalue weighted by Crippen LogP contribution is 2.31. The van der Waals surface area contributed by atoms with E-state index in [2.05, 4.69) is 10.6 Å². The minimum atomic E-state index is 0.767. The van der Waals surface area contributed by atoms with Crippen LogP contribution < -0.4 is 16.4 Å². The zero-order valence-corrected chi connectivity index (χ0v) is 11.1. The highest BCUT2D eigenvalue weighted by atomic mass is 15.0. The van der Waals surface area contributed by atoms with Crippen LogP contribution in [0.25, 0.3) is 0 Å². The van der Waals surface area contributed by atoms with E-state index in [-0.39, 0.29) is 0 Å². The molecule has 0 amide bonds. The van der Waals surface area contributed by atoms with Gasteiger partial charge in [0.1, 0.15) is 0 Å². The lowest BCUT2D eigenvalue weighted by atomic mass is 9.88. The molecular formula is C14H29N3. The van der Waals surface area contributed by atoms with Crippen LogP contribution in [0.4, 0.5) is 0 Å². The third kappa shape index (κ3) is 3.94. The van der Waals surface area contributed by atoms with Crippen molar-refractivity contribution in [1.29, 1.82) is 0 Å². The topological polar surface area (TPSA) is 50.1 Å². The first-order chi connectivity index (χ1) is 8.42. The van der Waals surface area contributed by atoms with E-state index in [0.717, 1.165) is 37.5 Å². The van der Waals surface area contributed by atoms with Crippen molar-refractivity contribution >= 4 is 0 Å². The zero-order chi connectivity index (χ0) is 11.9. The Balaban J connectivity index is 1.72. The lowest BCUT2D eigenvalue weighted by Crippen LogP contribution is -2.47. The fourth-order valence-corrected chi connectivity index (χ4v) is 3.52. The Labute approximate surface area is 106 Å². The summed E-state index contributed by atoms with van der Waals surface area (Å²) in [5.41, 5.74) is 5.53. The molecule has 17 heavy (non-hydrogen) atoms. The molecule has 3 nitrogen and oxygen atoms in total. The Hall–Kier alpha value is -0.120. The normalized spacial score (nSPS) is 34.1. The van der Waals surface area contributed by atoms with Crippen LogP contribution in [0, 0.1) is 5.92 Å². The standard InChI is InChI=1S/C14H29N3/c15-9-2-4-11-17-14-8-5-6-12(14)13-7-1-3-10-16-13/h12-14,16-17H,1-11,15H2. The van der Waals surface area contributed by atoms with Crippen molar-refractivity contribution in [2.24, 2.45) is 11.7 Å². The first-order valence-corrected chi connectivity index (χ1v) is 7.58. The molecule has 4 N–H and O–H groups in total. The summed E-state index contributed by atoms with van der Waals surface area (Å²) in [6.45, 7) is 3.23. The van der Waals surface area contributed by atoms with Gasteiger partial charge in [-0.25, -0.2) is 0 Å². The van der Waals surface area contributed by atoms with Crippen molar-refractivity contribution in [3.8, 4) is 0 Å². The molecule has 1 saturated heterocycles. The van der Waals surface area contributed by atoms with E-state index in [4.69, 9.17) is 5.73 Å². The number of hydrogen-bond donors (Lipinski definition) is 3. The molecule has 0 aromatic carbocycles. The van der Waals surface area contributed by atoms with Crippen LogP contribution in [0.2, 0.25) is 0 Å². The molecular weight excluding hydrogens is 210 g/mol. The van der Waals surface area contributed by atoms with Crippen LogP contribution in [0.3, 0.4) is 0 Å². The summed E-state index contributed by atoms with van der Waals surface area (Å²) < 4.78 is 0. The number of nitrogens with one attached hydrogen (secondary N) is 2. The largest absolute Gasteiger partial charge is 0.330 e. The second-order valence-corrected chi connectivity index (χ2v) is 5.71. The first kappa shape index (κ1) is 13.3. The van der Waals surface area contributed by atoms with Crippen molar-refractivity contribution in [3.05, 3.63) is 0 Å². The molecule has 0 aromatic heterocycles. The van der Waals surface area contributed by atoms with Gasteiger partial charge in [-0.15, -0.1) is 0 Å². The van der Waals surface area contributed by atoms with Gasteiger partial charge in [-0.2, -0.15) is 0 Å². The summed E-state index contributed by atoms with van der Waals surface area (Å²) in [6.07, 6.45) is 10.8. The summed E-state index contributed by atoms with van der Waals surface area (Å²) in [5.74, 6) is 0.883. The molecule has 1 heterocycles. The summed E-state index contributed by atoms with van der Waals surface area (Å²) in [4.78, 5) is 0. The predicted molar refractivity (Wildman–Crippen MR) is 73.1 cm³/mol. The predicted octanol–water partition coefficient (Wildman–Crippen LogP) is 1.63. The van der Waals surface area contributed by atoms with E-state index in [1.807, 2.05) is 0 Å². The van der Waals surface area contributed by atoms with E-state index in [9.17, 15) is 0 Å². The molecule has 2 rings (SSSR count). The average molecular weight is 239 g/mol. The molecule has 2 aliphatic rings. The third-order valence-electron chi connectivity index (χ3n) is 4.47. The van der Waals surface area contributed by atoms with Crippen LogP contribution in [0.1, 0.15) is 51.4 Å². The Bertz CT molecular complexity index is 202. The Morgan fingerprint density at radius 2 is 2.00 bits per heavy atom. The number of hydrogen-bond acceptors (Lipinski definition) is 3. The van der Waals surface area contributed by atoms with Gasteiger partial charge < -0.3 is 16.4 Å². The van der Waals surface area contributed by atoms with E-state index in [1.165, 1.54) is 51.5 Å². The molecule has 1 aliphatic heterocycles. The number of nitrogens with two attached hydrogens (primary N) is 1. The second-order valence-electron chi connectivity index (χ2n) is 5.71. The zero-order valence-electron chi connectivity index (χ0n) is 11.1. The van der Waals surface area contributed by atoms with Crippen molar-refractivity contribution in [1.82, 2.24) is 10.6 Å². The van der Waals surface area contributed by atoms with E-state index in [1.54, 1.807) is 0 Å². The molecule has 1 saturated carbocycles. The smallest absolute Gasteiger partial charge is 0.0110 e.